The van der Waals surface area contributed by atoms with Crippen LogP contribution in [0.3, 0.4) is 0 Å². The van der Waals surface area contributed by atoms with E-state index in [2.05, 4.69) is 5.32 Å². The van der Waals surface area contributed by atoms with Gasteiger partial charge in [0.15, 0.2) is 0 Å². The van der Waals surface area contributed by atoms with Gasteiger partial charge in [0.25, 0.3) is 0 Å². The summed E-state index contributed by atoms with van der Waals surface area (Å²) >= 11 is 11.9. The quantitative estimate of drug-likeness (QED) is 0.651. The number of para-hydroxylation sites is 1. The number of rotatable bonds is 8. The lowest BCUT2D eigenvalue weighted by Crippen LogP contribution is -2.41. The first kappa shape index (κ1) is 21.3. The Morgan fingerprint density at radius 2 is 1.89 bits per heavy atom. The maximum absolute atomic E-state index is 12.2. The summed E-state index contributed by atoms with van der Waals surface area (Å²) in [4.78, 5) is 12.2. The first-order chi connectivity index (χ1) is 12.7. The van der Waals surface area contributed by atoms with Gasteiger partial charge in [0.2, 0.25) is 15.9 Å². The largest absolute Gasteiger partial charge is 0.491 e. The van der Waals surface area contributed by atoms with Crippen LogP contribution < -0.4 is 14.4 Å². The molecule has 9 heteroatoms. The van der Waals surface area contributed by atoms with Gasteiger partial charge in [-0.1, -0.05) is 41.4 Å². The maximum Gasteiger partial charge on any atom is 0.240 e. The summed E-state index contributed by atoms with van der Waals surface area (Å²) in [6, 6.07) is 11.9. The van der Waals surface area contributed by atoms with Crippen LogP contribution in [0.2, 0.25) is 10.0 Å². The molecular weight excluding hydrogens is 411 g/mol. The van der Waals surface area contributed by atoms with Crippen LogP contribution in [-0.4, -0.2) is 40.3 Å². The Labute approximate surface area is 169 Å². The Morgan fingerprint density at radius 3 is 2.52 bits per heavy atom. The van der Waals surface area contributed by atoms with Crippen molar-refractivity contribution >= 4 is 44.8 Å². The minimum atomic E-state index is -3.71. The van der Waals surface area contributed by atoms with E-state index in [-0.39, 0.29) is 23.9 Å². The molecular formula is C18H20Cl2N2O4S. The van der Waals surface area contributed by atoms with Gasteiger partial charge in [0.1, 0.15) is 18.9 Å². The molecule has 0 aliphatic heterocycles. The smallest absolute Gasteiger partial charge is 0.240 e. The van der Waals surface area contributed by atoms with Crippen LogP contribution in [0.1, 0.15) is 5.56 Å². The molecule has 1 amide bonds. The van der Waals surface area contributed by atoms with Gasteiger partial charge >= 0.3 is 0 Å². The minimum absolute atomic E-state index is 0.142. The van der Waals surface area contributed by atoms with Crippen molar-refractivity contribution < 1.29 is 17.9 Å². The second-order valence-corrected chi connectivity index (χ2v) is 8.58. The molecule has 27 heavy (non-hydrogen) atoms. The monoisotopic (exact) mass is 430 g/mol. The van der Waals surface area contributed by atoms with E-state index >= 15 is 0 Å². The van der Waals surface area contributed by atoms with E-state index < -0.39 is 22.5 Å². The maximum atomic E-state index is 12.2. The third-order valence-corrected chi connectivity index (χ3v) is 5.31. The van der Waals surface area contributed by atoms with Crippen LogP contribution in [0.15, 0.2) is 42.5 Å². The van der Waals surface area contributed by atoms with E-state index in [1.807, 2.05) is 31.2 Å². The molecule has 0 radical (unpaired) electrons. The number of carbonyl (C=O) groups is 1. The number of hydrogen-bond acceptors (Lipinski definition) is 4. The van der Waals surface area contributed by atoms with Crippen molar-refractivity contribution in [2.75, 3.05) is 30.3 Å². The van der Waals surface area contributed by atoms with Gasteiger partial charge in [-0.15, -0.1) is 0 Å². The predicted molar refractivity (Wildman–Crippen MR) is 108 cm³/mol. The van der Waals surface area contributed by atoms with Gasteiger partial charge in [-0.3, -0.25) is 9.10 Å². The van der Waals surface area contributed by atoms with Crippen LogP contribution in [0.5, 0.6) is 5.75 Å². The van der Waals surface area contributed by atoms with E-state index in [1.54, 1.807) is 0 Å². The molecule has 0 unspecified atom stereocenters. The SMILES string of the molecule is Cc1ccccc1OCCNC(=O)CN(c1ccc(Cl)cc1Cl)S(C)(=O)=O. The lowest BCUT2D eigenvalue weighted by Gasteiger charge is -2.23. The zero-order valence-corrected chi connectivity index (χ0v) is 17.2. The number of nitrogens with one attached hydrogen (secondary N) is 1. The second kappa shape index (κ2) is 9.30. The Morgan fingerprint density at radius 1 is 1.19 bits per heavy atom. The van der Waals surface area contributed by atoms with Crippen molar-refractivity contribution in [2.24, 2.45) is 0 Å². The molecule has 0 aromatic heterocycles. The summed E-state index contributed by atoms with van der Waals surface area (Å²) in [5.41, 5.74) is 1.18. The van der Waals surface area contributed by atoms with Crippen LogP contribution >= 0.6 is 23.2 Å². The zero-order chi connectivity index (χ0) is 20.0. The van der Waals surface area contributed by atoms with Crippen molar-refractivity contribution in [3.8, 4) is 5.75 Å². The first-order valence-corrected chi connectivity index (χ1v) is 10.7. The standard InChI is InChI=1S/C18H20Cl2N2O4S/c1-13-5-3-4-6-17(13)26-10-9-21-18(23)12-22(27(2,24)25)16-8-7-14(19)11-15(16)20/h3-8,11H,9-10,12H2,1-2H3,(H,21,23). The topological polar surface area (TPSA) is 75.7 Å². The molecule has 0 atom stereocenters. The minimum Gasteiger partial charge on any atom is -0.491 e. The molecule has 0 bridgehead atoms. The van der Waals surface area contributed by atoms with Gasteiger partial charge < -0.3 is 10.1 Å². The number of hydrogen-bond donors (Lipinski definition) is 1. The molecule has 0 fully saturated rings. The molecule has 0 saturated heterocycles. The molecule has 0 spiro atoms. The molecule has 0 saturated carbocycles. The number of benzene rings is 2. The normalized spacial score (nSPS) is 11.1. The lowest BCUT2D eigenvalue weighted by atomic mass is 10.2. The van der Waals surface area contributed by atoms with Crippen molar-refractivity contribution in [1.29, 1.82) is 0 Å². The zero-order valence-electron chi connectivity index (χ0n) is 14.9. The van der Waals surface area contributed by atoms with Gasteiger partial charge in [-0.25, -0.2) is 8.42 Å². The number of carbonyl (C=O) groups excluding carboxylic acids is 1. The summed E-state index contributed by atoms with van der Waals surface area (Å²) in [6.07, 6.45) is 1.01. The fourth-order valence-electron chi connectivity index (χ4n) is 2.32. The van der Waals surface area contributed by atoms with Crippen LogP contribution in [0.4, 0.5) is 5.69 Å². The van der Waals surface area contributed by atoms with Gasteiger partial charge in [0.05, 0.1) is 23.5 Å². The first-order valence-electron chi connectivity index (χ1n) is 8.06. The van der Waals surface area contributed by atoms with E-state index in [4.69, 9.17) is 27.9 Å². The highest BCUT2D eigenvalue weighted by atomic mass is 35.5. The average Bonchev–Trinajstić information content (AvgIpc) is 2.58. The summed E-state index contributed by atoms with van der Waals surface area (Å²) in [5, 5.41) is 3.15. The summed E-state index contributed by atoms with van der Waals surface area (Å²) in [7, 11) is -3.71. The molecule has 0 aliphatic rings. The number of ether oxygens (including phenoxy) is 1. The van der Waals surface area contributed by atoms with Crippen LogP contribution in [0.25, 0.3) is 0 Å². The van der Waals surface area contributed by atoms with E-state index in [1.165, 1.54) is 18.2 Å². The summed E-state index contributed by atoms with van der Waals surface area (Å²) in [6.45, 7) is 2.02. The molecule has 146 valence electrons. The lowest BCUT2D eigenvalue weighted by molar-refractivity contribution is -0.119. The fraction of sp³-hybridized carbons (Fsp3) is 0.278. The summed E-state index contributed by atoms with van der Waals surface area (Å²) in [5.74, 6) is 0.261. The number of amides is 1. The van der Waals surface area contributed by atoms with Crippen molar-refractivity contribution in [3.63, 3.8) is 0 Å². The Kier molecular flexibility index (Phi) is 7.35. The second-order valence-electron chi connectivity index (χ2n) is 5.83. The van der Waals surface area contributed by atoms with E-state index in [0.717, 1.165) is 21.9 Å². The number of anilines is 1. The number of nitrogens with zero attached hydrogens (tertiary/aromatic N) is 1. The predicted octanol–water partition coefficient (Wildman–Crippen LogP) is 3.26. The summed E-state index contributed by atoms with van der Waals surface area (Å²) < 4.78 is 30.7. The molecule has 6 nitrogen and oxygen atoms in total. The Hall–Kier alpha value is -1.96. The van der Waals surface area contributed by atoms with Gasteiger partial charge in [0, 0.05) is 5.02 Å². The van der Waals surface area contributed by atoms with E-state index in [9.17, 15) is 13.2 Å². The number of sulfonamides is 1. The van der Waals surface area contributed by atoms with Crippen molar-refractivity contribution in [3.05, 3.63) is 58.1 Å². The molecule has 1 N–H and O–H groups in total. The Balaban J connectivity index is 1.95. The fourth-order valence-corrected chi connectivity index (χ4v) is 3.75. The average molecular weight is 431 g/mol. The van der Waals surface area contributed by atoms with Gasteiger partial charge in [-0.05, 0) is 36.8 Å². The third kappa shape index (κ3) is 6.30. The third-order valence-electron chi connectivity index (χ3n) is 3.64. The Bertz CT molecular complexity index is 919. The van der Waals surface area contributed by atoms with E-state index in [0.29, 0.717) is 5.02 Å². The molecule has 2 rings (SSSR count). The number of halogens is 2. The van der Waals surface area contributed by atoms with Crippen LogP contribution in [-0.2, 0) is 14.8 Å². The highest BCUT2D eigenvalue weighted by molar-refractivity contribution is 7.92. The molecule has 2 aromatic rings. The molecule has 2 aromatic carbocycles. The van der Waals surface area contributed by atoms with Crippen molar-refractivity contribution in [2.45, 2.75) is 6.92 Å². The molecule has 0 aliphatic carbocycles. The highest BCUT2D eigenvalue weighted by Gasteiger charge is 2.23. The molecule has 0 heterocycles. The van der Waals surface area contributed by atoms with Gasteiger partial charge in [-0.2, -0.15) is 0 Å². The van der Waals surface area contributed by atoms with Crippen molar-refractivity contribution in [1.82, 2.24) is 5.32 Å². The highest BCUT2D eigenvalue weighted by Crippen LogP contribution is 2.30. The van der Waals surface area contributed by atoms with Crippen LogP contribution in [0, 0.1) is 6.92 Å². The number of aryl methyl sites for hydroxylation is 1.